The molecule has 1 N–H and O–H groups in total. The largest absolute Gasteiger partial charge is 0.382 e. The monoisotopic (exact) mass is 275 g/mol. The van der Waals surface area contributed by atoms with Gasteiger partial charge in [-0.3, -0.25) is 0 Å². The molecule has 1 heterocycles. The van der Waals surface area contributed by atoms with E-state index in [2.05, 4.69) is 21.6 Å². The molecule has 0 aliphatic heterocycles. The fourth-order valence-corrected chi connectivity index (χ4v) is 2.88. The Morgan fingerprint density at radius 2 is 2.24 bits per heavy atom. The highest BCUT2D eigenvalue weighted by Crippen LogP contribution is 2.19. The Kier molecular flexibility index (Phi) is 8.60. The number of nitrogens with one attached hydrogen (secondary N) is 1. The number of nitrogens with zero attached hydrogens (tertiary/aromatic N) is 2. The number of rotatable bonds is 10. The molecule has 1 aromatic heterocycles. The van der Waals surface area contributed by atoms with Gasteiger partial charge in [-0.05, 0) is 31.4 Å². The van der Waals surface area contributed by atoms with Crippen molar-refractivity contribution in [1.29, 1.82) is 0 Å². The van der Waals surface area contributed by atoms with Crippen LogP contribution in [0.25, 0.3) is 0 Å². The van der Waals surface area contributed by atoms with E-state index in [1.165, 1.54) is 11.5 Å². The Labute approximate surface area is 112 Å². The van der Waals surface area contributed by atoms with Gasteiger partial charge in [0.05, 0.1) is 0 Å². The van der Waals surface area contributed by atoms with Crippen LogP contribution in [0.2, 0.25) is 0 Å². The van der Waals surface area contributed by atoms with Crippen LogP contribution >= 0.6 is 23.3 Å². The maximum atomic E-state index is 5.26. The van der Waals surface area contributed by atoms with Gasteiger partial charge < -0.3 is 10.1 Å². The summed E-state index contributed by atoms with van der Waals surface area (Å²) in [4.78, 5) is 4.41. The SMILES string of the molecule is CCOCCCNCCSc1nc(CC)ns1. The summed E-state index contributed by atoms with van der Waals surface area (Å²) in [5.74, 6) is 2.01. The molecule has 0 aromatic carbocycles. The van der Waals surface area contributed by atoms with Crippen molar-refractivity contribution in [1.82, 2.24) is 14.7 Å². The van der Waals surface area contributed by atoms with Crippen molar-refractivity contribution in [2.75, 3.05) is 32.1 Å². The highest BCUT2D eigenvalue weighted by atomic mass is 32.2. The first-order chi connectivity index (χ1) is 8.36. The van der Waals surface area contributed by atoms with Gasteiger partial charge in [0.15, 0.2) is 4.34 Å². The van der Waals surface area contributed by atoms with E-state index in [9.17, 15) is 0 Å². The molecular formula is C11H21N3OS2. The van der Waals surface area contributed by atoms with E-state index in [0.717, 1.165) is 55.1 Å². The summed E-state index contributed by atoms with van der Waals surface area (Å²) in [5.41, 5.74) is 0. The van der Waals surface area contributed by atoms with Gasteiger partial charge in [-0.25, -0.2) is 4.98 Å². The van der Waals surface area contributed by atoms with E-state index in [0.29, 0.717) is 0 Å². The lowest BCUT2D eigenvalue weighted by Crippen LogP contribution is -2.19. The molecule has 0 bridgehead atoms. The standard InChI is InChI=1S/C11H21N3OS2/c1-3-10-13-11(17-14-10)16-9-7-12-6-5-8-15-4-2/h12H,3-9H2,1-2H3. The highest BCUT2D eigenvalue weighted by molar-refractivity contribution is 8.00. The molecule has 4 nitrogen and oxygen atoms in total. The van der Waals surface area contributed by atoms with Gasteiger partial charge in [0.25, 0.3) is 0 Å². The minimum atomic E-state index is 0.812. The zero-order chi connectivity index (χ0) is 12.3. The first kappa shape index (κ1) is 14.9. The van der Waals surface area contributed by atoms with E-state index in [1.54, 1.807) is 11.8 Å². The van der Waals surface area contributed by atoms with E-state index >= 15 is 0 Å². The summed E-state index contributed by atoms with van der Waals surface area (Å²) in [6, 6.07) is 0. The van der Waals surface area contributed by atoms with Crippen LogP contribution in [-0.4, -0.2) is 41.4 Å². The molecule has 0 saturated carbocycles. The van der Waals surface area contributed by atoms with Gasteiger partial charge >= 0.3 is 0 Å². The molecule has 6 heteroatoms. The molecule has 98 valence electrons. The fraction of sp³-hybridized carbons (Fsp3) is 0.818. The molecule has 0 atom stereocenters. The summed E-state index contributed by atoms with van der Waals surface area (Å²) >= 11 is 3.28. The minimum absolute atomic E-state index is 0.812. The van der Waals surface area contributed by atoms with Gasteiger partial charge in [0.1, 0.15) is 5.82 Å². The molecule has 0 aliphatic rings. The van der Waals surface area contributed by atoms with Crippen molar-refractivity contribution in [2.45, 2.75) is 31.0 Å². The molecule has 0 unspecified atom stereocenters. The second-order valence-electron chi connectivity index (χ2n) is 3.48. The lowest BCUT2D eigenvalue weighted by Gasteiger charge is -2.03. The van der Waals surface area contributed by atoms with Gasteiger partial charge in [-0.2, -0.15) is 4.37 Å². The number of hydrogen-bond donors (Lipinski definition) is 1. The van der Waals surface area contributed by atoms with E-state index in [1.807, 2.05) is 6.92 Å². The molecular weight excluding hydrogens is 254 g/mol. The van der Waals surface area contributed by atoms with Crippen LogP contribution in [0, 0.1) is 0 Å². The Morgan fingerprint density at radius 3 is 2.94 bits per heavy atom. The number of aromatic nitrogens is 2. The summed E-state index contributed by atoms with van der Waals surface area (Å²) in [5, 5.41) is 3.39. The lowest BCUT2D eigenvalue weighted by molar-refractivity contribution is 0.145. The third-order valence-corrected chi connectivity index (χ3v) is 3.99. The Hall–Kier alpha value is -0.170. The summed E-state index contributed by atoms with van der Waals surface area (Å²) < 4.78 is 10.6. The molecule has 0 saturated heterocycles. The van der Waals surface area contributed by atoms with Crippen LogP contribution < -0.4 is 5.32 Å². The average molecular weight is 275 g/mol. The van der Waals surface area contributed by atoms with Crippen molar-refractivity contribution in [3.05, 3.63) is 5.82 Å². The zero-order valence-electron chi connectivity index (χ0n) is 10.6. The Morgan fingerprint density at radius 1 is 1.35 bits per heavy atom. The molecule has 0 spiro atoms. The first-order valence-corrected chi connectivity index (χ1v) is 7.86. The van der Waals surface area contributed by atoms with Crippen LogP contribution in [0.4, 0.5) is 0 Å². The van der Waals surface area contributed by atoms with Crippen LogP contribution in [0.15, 0.2) is 4.34 Å². The van der Waals surface area contributed by atoms with Crippen LogP contribution in [0.3, 0.4) is 0 Å². The third kappa shape index (κ3) is 6.98. The maximum absolute atomic E-state index is 5.26. The second kappa shape index (κ2) is 9.82. The average Bonchev–Trinajstić information content (AvgIpc) is 2.80. The Bertz CT molecular complexity index is 294. The first-order valence-electron chi connectivity index (χ1n) is 6.10. The maximum Gasteiger partial charge on any atom is 0.170 e. The van der Waals surface area contributed by atoms with E-state index < -0.39 is 0 Å². The predicted molar refractivity (Wildman–Crippen MR) is 74.0 cm³/mol. The number of hydrogen-bond acceptors (Lipinski definition) is 6. The van der Waals surface area contributed by atoms with Gasteiger partial charge in [0.2, 0.25) is 0 Å². The lowest BCUT2D eigenvalue weighted by atomic mass is 10.4. The summed E-state index contributed by atoms with van der Waals surface area (Å²) in [6.45, 7) is 7.81. The summed E-state index contributed by atoms with van der Waals surface area (Å²) in [7, 11) is 0. The molecule has 17 heavy (non-hydrogen) atoms. The van der Waals surface area contributed by atoms with Crippen molar-refractivity contribution in [2.24, 2.45) is 0 Å². The molecule has 0 fully saturated rings. The van der Waals surface area contributed by atoms with Crippen molar-refractivity contribution < 1.29 is 4.74 Å². The number of thioether (sulfide) groups is 1. The van der Waals surface area contributed by atoms with Gasteiger partial charge in [-0.15, -0.1) is 0 Å². The van der Waals surface area contributed by atoms with Crippen molar-refractivity contribution in [3.8, 4) is 0 Å². The van der Waals surface area contributed by atoms with Gasteiger partial charge in [-0.1, -0.05) is 18.7 Å². The third-order valence-electron chi connectivity index (χ3n) is 2.12. The Balaban J connectivity index is 1.93. The van der Waals surface area contributed by atoms with Crippen LogP contribution in [0.1, 0.15) is 26.1 Å². The predicted octanol–water partition coefficient (Wildman–Crippen LogP) is 2.21. The van der Waals surface area contributed by atoms with Crippen LogP contribution in [0.5, 0.6) is 0 Å². The van der Waals surface area contributed by atoms with Crippen LogP contribution in [-0.2, 0) is 11.2 Å². The van der Waals surface area contributed by atoms with E-state index in [4.69, 9.17) is 4.74 Å². The highest BCUT2D eigenvalue weighted by Gasteiger charge is 2.01. The molecule has 0 radical (unpaired) electrons. The molecule has 0 aliphatic carbocycles. The van der Waals surface area contributed by atoms with E-state index in [-0.39, 0.29) is 0 Å². The molecule has 0 amide bonds. The van der Waals surface area contributed by atoms with Crippen molar-refractivity contribution in [3.63, 3.8) is 0 Å². The van der Waals surface area contributed by atoms with Gasteiger partial charge in [0, 0.05) is 31.9 Å². The topological polar surface area (TPSA) is 47.0 Å². The quantitative estimate of drug-likeness (QED) is 0.524. The zero-order valence-corrected chi connectivity index (χ0v) is 12.2. The minimum Gasteiger partial charge on any atom is -0.382 e. The fourth-order valence-electron chi connectivity index (χ4n) is 1.22. The number of aryl methyl sites for hydroxylation is 1. The second-order valence-corrected chi connectivity index (χ2v) is 5.57. The molecule has 1 aromatic rings. The normalized spacial score (nSPS) is 10.9. The molecule has 1 rings (SSSR count). The van der Waals surface area contributed by atoms with Crippen molar-refractivity contribution >= 4 is 23.3 Å². The smallest absolute Gasteiger partial charge is 0.170 e. The number of ether oxygens (including phenoxy) is 1. The summed E-state index contributed by atoms with van der Waals surface area (Å²) in [6.07, 6.45) is 2.00.